The normalized spacial score (nSPS) is 20.3. The molecule has 2 amide bonds. The van der Waals surface area contributed by atoms with Gasteiger partial charge in [-0.05, 0) is 6.07 Å². The maximum atomic E-state index is 11.3. The van der Waals surface area contributed by atoms with Crippen LogP contribution in [0.25, 0.3) is 0 Å². The first-order valence-corrected chi connectivity index (χ1v) is 4.87. The number of para-hydroxylation sites is 1. The molecule has 1 atom stereocenters. The fraction of sp³-hybridized carbons (Fsp3) is 0.364. The van der Waals surface area contributed by atoms with Crippen molar-refractivity contribution in [3.63, 3.8) is 0 Å². The highest BCUT2D eigenvalue weighted by Crippen LogP contribution is 2.27. The molecule has 15 heavy (non-hydrogen) atoms. The van der Waals surface area contributed by atoms with E-state index in [4.69, 9.17) is 4.74 Å². The van der Waals surface area contributed by atoms with Crippen molar-refractivity contribution in [2.75, 3.05) is 20.7 Å². The number of hydrogen-bond acceptors (Lipinski definition) is 2. The SMILES string of the molecule is COc1ccccc1C1CN(C)C(=O)N1. The minimum absolute atomic E-state index is 0.0265. The van der Waals surface area contributed by atoms with E-state index >= 15 is 0 Å². The number of likely N-dealkylation sites (N-methyl/N-ethyl adjacent to an activating group) is 1. The minimum atomic E-state index is -0.0362. The van der Waals surface area contributed by atoms with Gasteiger partial charge < -0.3 is 15.0 Å². The number of rotatable bonds is 2. The maximum absolute atomic E-state index is 11.3. The van der Waals surface area contributed by atoms with Gasteiger partial charge in [0.15, 0.2) is 0 Å². The van der Waals surface area contributed by atoms with Crippen LogP contribution in [-0.2, 0) is 0 Å². The molecule has 0 bridgehead atoms. The molecule has 0 radical (unpaired) electrons. The summed E-state index contributed by atoms with van der Waals surface area (Å²) in [6.07, 6.45) is 0. The summed E-state index contributed by atoms with van der Waals surface area (Å²) in [7, 11) is 3.42. The van der Waals surface area contributed by atoms with Crippen molar-refractivity contribution in [2.24, 2.45) is 0 Å². The molecule has 1 N–H and O–H groups in total. The van der Waals surface area contributed by atoms with Crippen LogP contribution in [0.3, 0.4) is 0 Å². The first-order valence-electron chi connectivity index (χ1n) is 4.87. The number of urea groups is 1. The van der Waals surface area contributed by atoms with E-state index in [1.54, 1.807) is 19.1 Å². The second-order valence-electron chi connectivity index (χ2n) is 3.62. The van der Waals surface area contributed by atoms with Gasteiger partial charge in [0.2, 0.25) is 0 Å². The average molecular weight is 206 g/mol. The molecule has 1 aliphatic heterocycles. The second-order valence-corrected chi connectivity index (χ2v) is 3.62. The zero-order valence-corrected chi connectivity index (χ0v) is 8.86. The number of nitrogens with zero attached hydrogens (tertiary/aromatic N) is 1. The van der Waals surface area contributed by atoms with Crippen LogP contribution in [0.5, 0.6) is 5.75 Å². The summed E-state index contributed by atoms with van der Waals surface area (Å²) >= 11 is 0. The van der Waals surface area contributed by atoms with Gasteiger partial charge in [0.1, 0.15) is 5.75 Å². The summed E-state index contributed by atoms with van der Waals surface area (Å²) in [5, 5.41) is 2.90. The van der Waals surface area contributed by atoms with Crippen molar-refractivity contribution in [3.8, 4) is 5.75 Å². The topological polar surface area (TPSA) is 41.6 Å². The molecule has 0 spiro atoms. The molecule has 1 heterocycles. The Morgan fingerprint density at radius 3 is 2.80 bits per heavy atom. The Bertz CT molecular complexity index is 379. The first kappa shape index (κ1) is 9.83. The number of methoxy groups -OCH3 is 1. The van der Waals surface area contributed by atoms with E-state index in [1.165, 1.54) is 0 Å². The molecule has 0 aliphatic carbocycles. The molecule has 1 unspecified atom stereocenters. The van der Waals surface area contributed by atoms with Crippen LogP contribution in [0, 0.1) is 0 Å². The van der Waals surface area contributed by atoms with Crippen molar-refractivity contribution >= 4 is 6.03 Å². The summed E-state index contributed by atoms with van der Waals surface area (Å²) in [6.45, 7) is 0.680. The van der Waals surface area contributed by atoms with Gasteiger partial charge >= 0.3 is 6.03 Å². The van der Waals surface area contributed by atoms with Gasteiger partial charge in [0, 0.05) is 19.2 Å². The molecule has 1 aromatic carbocycles. The largest absolute Gasteiger partial charge is 0.496 e. The third-order valence-electron chi connectivity index (χ3n) is 2.62. The Kier molecular flexibility index (Phi) is 2.49. The van der Waals surface area contributed by atoms with Crippen molar-refractivity contribution < 1.29 is 9.53 Å². The van der Waals surface area contributed by atoms with Crippen LogP contribution >= 0.6 is 0 Å². The molecule has 1 aliphatic rings. The van der Waals surface area contributed by atoms with E-state index in [2.05, 4.69) is 5.32 Å². The molecular weight excluding hydrogens is 192 g/mol. The van der Waals surface area contributed by atoms with Gasteiger partial charge in [0.25, 0.3) is 0 Å². The zero-order chi connectivity index (χ0) is 10.8. The monoisotopic (exact) mass is 206 g/mol. The van der Waals surface area contributed by atoms with Crippen LogP contribution in [-0.4, -0.2) is 31.6 Å². The van der Waals surface area contributed by atoms with Crippen molar-refractivity contribution in [3.05, 3.63) is 29.8 Å². The van der Waals surface area contributed by atoms with Crippen molar-refractivity contribution in [1.29, 1.82) is 0 Å². The lowest BCUT2D eigenvalue weighted by Gasteiger charge is -2.13. The fourth-order valence-electron chi connectivity index (χ4n) is 1.79. The molecule has 80 valence electrons. The van der Waals surface area contributed by atoms with Crippen molar-refractivity contribution in [1.82, 2.24) is 10.2 Å². The summed E-state index contributed by atoms with van der Waals surface area (Å²) < 4.78 is 5.26. The van der Waals surface area contributed by atoms with E-state index < -0.39 is 0 Å². The summed E-state index contributed by atoms with van der Waals surface area (Å²) in [4.78, 5) is 13.0. The average Bonchev–Trinajstić information content (AvgIpc) is 2.59. The quantitative estimate of drug-likeness (QED) is 0.794. The molecule has 0 aromatic heterocycles. The lowest BCUT2D eigenvalue weighted by Crippen LogP contribution is -2.24. The molecule has 4 nitrogen and oxygen atoms in total. The van der Waals surface area contributed by atoms with Gasteiger partial charge in [0.05, 0.1) is 13.2 Å². The van der Waals surface area contributed by atoms with Crippen LogP contribution in [0.4, 0.5) is 4.79 Å². The third-order valence-corrected chi connectivity index (χ3v) is 2.62. The van der Waals surface area contributed by atoms with Crippen LogP contribution < -0.4 is 10.1 Å². The van der Waals surface area contributed by atoms with E-state index in [-0.39, 0.29) is 12.1 Å². The number of benzene rings is 1. The van der Waals surface area contributed by atoms with Crippen molar-refractivity contribution in [2.45, 2.75) is 6.04 Å². The predicted octanol–water partition coefficient (Wildman–Crippen LogP) is 1.39. The predicted molar refractivity (Wildman–Crippen MR) is 56.9 cm³/mol. The molecule has 0 saturated carbocycles. The molecule has 1 saturated heterocycles. The number of nitrogens with one attached hydrogen (secondary N) is 1. The van der Waals surface area contributed by atoms with E-state index in [0.29, 0.717) is 6.54 Å². The van der Waals surface area contributed by atoms with Gasteiger partial charge in [-0.1, -0.05) is 18.2 Å². The standard InChI is InChI=1S/C11H14N2O2/c1-13-7-9(12-11(13)14)8-5-3-4-6-10(8)15-2/h3-6,9H,7H2,1-2H3,(H,12,14). The van der Waals surface area contributed by atoms with Crippen LogP contribution in [0.1, 0.15) is 11.6 Å². The van der Waals surface area contributed by atoms with E-state index in [0.717, 1.165) is 11.3 Å². The smallest absolute Gasteiger partial charge is 0.317 e. The maximum Gasteiger partial charge on any atom is 0.317 e. The third kappa shape index (κ3) is 1.75. The first-order chi connectivity index (χ1) is 7.22. The Morgan fingerprint density at radius 1 is 1.47 bits per heavy atom. The molecule has 1 fully saturated rings. The molecule has 1 aromatic rings. The Labute approximate surface area is 88.8 Å². The summed E-state index contributed by atoms with van der Waals surface area (Å²) in [5.74, 6) is 0.818. The van der Waals surface area contributed by atoms with E-state index in [9.17, 15) is 4.79 Å². The Balaban J connectivity index is 2.27. The molecular formula is C11H14N2O2. The fourth-order valence-corrected chi connectivity index (χ4v) is 1.79. The van der Waals surface area contributed by atoms with Crippen LogP contribution in [0.15, 0.2) is 24.3 Å². The van der Waals surface area contributed by atoms with E-state index in [1.807, 2.05) is 24.3 Å². The number of carbonyl (C=O) groups excluding carboxylic acids is 1. The molecule has 2 rings (SSSR count). The highest BCUT2D eigenvalue weighted by atomic mass is 16.5. The highest BCUT2D eigenvalue weighted by Gasteiger charge is 2.28. The zero-order valence-electron chi connectivity index (χ0n) is 8.86. The molecule has 4 heteroatoms. The lowest BCUT2D eigenvalue weighted by molar-refractivity contribution is 0.226. The van der Waals surface area contributed by atoms with Gasteiger partial charge in [-0.3, -0.25) is 0 Å². The summed E-state index contributed by atoms with van der Waals surface area (Å²) in [5.41, 5.74) is 1.03. The van der Waals surface area contributed by atoms with Gasteiger partial charge in [-0.15, -0.1) is 0 Å². The number of carbonyl (C=O) groups is 1. The Hall–Kier alpha value is -1.71. The van der Waals surface area contributed by atoms with Gasteiger partial charge in [-0.2, -0.15) is 0 Å². The summed E-state index contributed by atoms with van der Waals surface area (Å²) in [6, 6.07) is 7.73. The highest BCUT2D eigenvalue weighted by molar-refractivity contribution is 5.77. The lowest BCUT2D eigenvalue weighted by atomic mass is 10.1. The van der Waals surface area contributed by atoms with Gasteiger partial charge in [-0.25, -0.2) is 4.79 Å². The van der Waals surface area contributed by atoms with Crippen LogP contribution in [0.2, 0.25) is 0 Å². The number of ether oxygens (including phenoxy) is 1. The second kappa shape index (κ2) is 3.81. The Morgan fingerprint density at radius 2 is 2.20 bits per heavy atom. The minimum Gasteiger partial charge on any atom is -0.496 e. The number of amides is 2. The number of hydrogen-bond donors (Lipinski definition) is 1.